The van der Waals surface area contributed by atoms with Crippen molar-refractivity contribution >= 4 is 17.8 Å². The molecule has 3 aliphatic rings. The fraction of sp³-hybridized carbons (Fsp3) is 0.812. The largest absolute Gasteiger partial charge is 0.381 e. The van der Waals surface area contributed by atoms with Gasteiger partial charge in [-0.3, -0.25) is 14.6 Å². The van der Waals surface area contributed by atoms with E-state index in [1.54, 1.807) is 6.21 Å². The van der Waals surface area contributed by atoms with E-state index in [9.17, 15) is 14.7 Å². The molecule has 110 valence electrons. The van der Waals surface area contributed by atoms with Crippen molar-refractivity contribution < 1.29 is 14.7 Å². The minimum Gasteiger partial charge on any atom is -0.381 e. The minimum atomic E-state index is -1.44. The summed E-state index contributed by atoms with van der Waals surface area (Å²) in [5, 5.41) is 11.1. The Hall–Kier alpha value is -1.03. The predicted octanol–water partition coefficient (Wildman–Crippen LogP) is 1.94. The van der Waals surface area contributed by atoms with E-state index in [1.807, 2.05) is 0 Å². The minimum absolute atomic E-state index is 0.0364. The molecule has 4 atom stereocenters. The Bertz CT molecular complexity index is 472. The molecule has 1 aliphatic heterocycles. The fourth-order valence-corrected chi connectivity index (χ4v) is 4.78. The number of ketones is 2. The summed E-state index contributed by atoms with van der Waals surface area (Å²) in [6, 6.07) is 0. The highest BCUT2D eigenvalue weighted by Crippen LogP contribution is 2.59. The zero-order chi connectivity index (χ0) is 14.4. The summed E-state index contributed by atoms with van der Waals surface area (Å²) in [6.45, 7) is 2.77. The number of rotatable bonds is 0. The summed E-state index contributed by atoms with van der Waals surface area (Å²) >= 11 is 0. The van der Waals surface area contributed by atoms with E-state index in [0.29, 0.717) is 44.6 Å². The molecule has 0 saturated heterocycles. The summed E-state index contributed by atoms with van der Waals surface area (Å²) in [6.07, 6.45) is 5.90. The zero-order valence-corrected chi connectivity index (χ0v) is 12.1. The van der Waals surface area contributed by atoms with Gasteiger partial charge in [0.1, 0.15) is 11.4 Å². The average molecular weight is 277 g/mol. The first kappa shape index (κ1) is 13.9. The van der Waals surface area contributed by atoms with Crippen LogP contribution in [0.1, 0.15) is 51.9 Å². The second-order valence-electron chi connectivity index (χ2n) is 6.86. The van der Waals surface area contributed by atoms with Gasteiger partial charge in [0.2, 0.25) is 0 Å². The van der Waals surface area contributed by atoms with Gasteiger partial charge in [-0.15, -0.1) is 0 Å². The lowest BCUT2D eigenvalue weighted by molar-refractivity contribution is -0.165. The Morgan fingerprint density at radius 2 is 2.05 bits per heavy atom. The molecule has 2 fully saturated rings. The molecule has 0 bridgehead atoms. The number of hydrogen-bond donors (Lipinski definition) is 1. The van der Waals surface area contributed by atoms with Crippen molar-refractivity contribution in [2.24, 2.45) is 22.2 Å². The summed E-state index contributed by atoms with van der Waals surface area (Å²) in [7, 11) is 0. The normalized spacial score (nSPS) is 45.3. The van der Waals surface area contributed by atoms with Crippen molar-refractivity contribution in [2.75, 3.05) is 6.54 Å². The van der Waals surface area contributed by atoms with Crippen LogP contribution < -0.4 is 0 Å². The van der Waals surface area contributed by atoms with Gasteiger partial charge in [-0.05, 0) is 50.2 Å². The van der Waals surface area contributed by atoms with Crippen molar-refractivity contribution in [3.8, 4) is 0 Å². The van der Waals surface area contributed by atoms with Crippen LogP contribution in [0.4, 0.5) is 0 Å². The molecule has 1 unspecified atom stereocenters. The van der Waals surface area contributed by atoms with Crippen LogP contribution >= 0.6 is 0 Å². The third kappa shape index (κ3) is 1.73. The van der Waals surface area contributed by atoms with Crippen LogP contribution in [0.25, 0.3) is 0 Å². The van der Waals surface area contributed by atoms with E-state index in [1.165, 1.54) is 0 Å². The Balaban J connectivity index is 2.06. The highest BCUT2D eigenvalue weighted by Gasteiger charge is 2.68. The number of nitrogens with zero attached hydrogens (tertiary/aromatic N) is 1. The smallest absolute Gasteiger partial charge is 0.165 e. The number of aliphatic hydroxyl groups is 1. The van der Waals surface area contributed by atoms with Crippen LogP contribution in [-0.4, -0.2) is 35.0 Å². The van der Waals surface area contributed by atoms with Gasteiger partial charge in [-0.2, -0.15) is 0 Å². The van der Waals surface area contributed by atoms with Crippen LogP contribution in [-0.2, 0) is 9.59 Å². The first-order valence-electron chi connectivity index (χ1n) is 7.78. The molecule has 0 amide bonds. The van der Waals surface area contributed by atoms with Crippen LogP contribution in [0.3, 0.4) is 0 Å². The second kappa shape index (κ2) is 4.76. The molecule has 4 heteroatoms. The van der Waals surface area contributed by atoms with Crippen LogP contribution in [0.2, 0.25) is 0 Å². The maximum Gasteiger partial charge on any atom is 0.165 e. The van der Waals surface area contributed by atoms with E-state index in [4.69, 9.17) is 0 Å². The molecule has 1 heterocycles. The summed E-state index contributed by atoms with van der Waals surface area (Å²) in [5.74, 6) is 0.378. The number of hydrogen-bond acceptors (Lipinski definition) is 4. The first-order chi connectivity index (χ1) is 9.50. The van der Waals surface area contributed by atoms with Gasteiger partial charge in [0.25, 0.3) is 0 Å². The quantitative estimate of drug-likeness (QED) is 0.735. The van der Waals surface area contributed by atoms with E-state index >= 15 is 0 Å². The number of carbonyl (C=O) groups is 2. The molecule has 0 aromatic carbocycles. The molecule has 1 spiro atoms. The lowest BCUT2D eigenvalue weighted by Gasteiger charge is -2.47. The van der Waals surface area contributed by atoms with Crippen LogP contribution in [0.15, 0.2) is 4.99 Å². The third-order valence-electron chi connectivity index (χ3n) is 5.67. The lowest BCUT2D eigenvalue weighted by atomic mass is 9.56. The van der Waals surface area contributed by atoms with Gasteiger partial charge in [-0.25, -0.2) is 0 Å². The first-order valence-corrected chi connectivity index (χ1v) is 7.78. The standard InChI is InChI=1S/C16H23NO3/c1-11-8-12-10-14(19)16(20)5-3-7-17-6-2-4-15(12,16)13(18)9-11/h7,11-12,20H,2-6,8-10H2,1H3/t11?,12-,15+,16-/m0/s1. The van der Waals surface area contributed by atoms with Gasteiger partial charge < -0.3 is 5.11 Å². The molecule has 0 aromatic heterocycles. The molecule has 4 nitrogen and oxygen atoms in total. The van der Waals surface area contributed by atoms with E-state index in [2.05, 4.69) is 11.9 Å². The molecule has 1 N–H and O–H groups in total. The van der Waals surface area contributed by atoms with Crippen molar-refractivity contribution in [2.45, 2.75) is 57.5 Å². The zero-order valence-electron chi connectivity index (χ0n) is 12.1. The number of aliphatic imine (C=N–C) groups is 1. The van der Waals surface area contributed by atoms with E-state index in [-0.39, 0.29) is 17.5 Å². The Kier molecular flexibility index (Phi) is 3.32. The molecular weight excluding hydrogens is 254 g/mol. The van der Waals surface area contributed by atoms with Crippen LogP contribution in [0, 0.1) is 17.3 Å². The molecule has 0 aromatic rings. The van der Waals surface area contributed by atoms with Gasteiger partial charge in [-0.1, -0.05) is 6.92 Å². The van der Waals surface area contributed by atoms with Crippen molar-refractivity contribution in [3.63, 3.8) is 0 Å². The molecule has 2 saturated carbocycles. The van der Waals surface area contributed by atoms with Gasteiger partial charge in [0.05, 0.1) is 5.41 Å². The SMILES string of the molecule is CC1CC(=O)[C@]23CCCN=CCC[C@]2(O)C(=O)C[C@@H]3C1. The number of Topliss-reactive ketones (excluding diaryl/α,β-unsaturated/α-hetero) is 2. The van der Waals surface area contributed by atoms with Crippen molar-refractivity contribution in [3.05, 3.63) is 0 Å². The maximum absolute atomic E-state index is 12.8. The number of carbonyl (C=O) groups excluding carboxylic acids is 2. The van der Waals surface area contributed by atoms with Crippen molar-refractivity contribution in [1.29, 1.82) is 0 Å². The average Bonchev–Trinajstić information content (AvgIpc) is 2.63. The topological polar surface area (TPSA) is 66.7 Å². The molecule has 3 rings (SSSR count). The van der Waals surface area contributed by atoms with Gasteiger partial charge in [0, 0.05) is 19.4 Å². The van der Waals surface area contributed by atoms with Gasteiger partial charge >= 0.3 is 0 Å². The Labute approximate surface area is 119 Å². The molecule has 0 radical (unpaired) electrons. The van der Waals surface area contributed by atoms with E-state index in [0.717, 1.165) is 12.8 Å². The predicted molar refractivity (Wildman–Crippen MR) is 75.7 cm³/mol. The fourth-order valence-electron chi connectivity index (χ4n) is 4.78. The maximum atomic E-state index is 12.8. The summed E-state index contributed by atoms with van der Waals surface area (Å²) in [4.78, 5) is 29.6. The molecule has 2 aliphatic carbocycles. The molecular formula is C16H23NO3. The molecule has 20 heavy (non-hydrogen) atoms. The van der Waals surface area contributed by atoms with E-state index < -0.39 is 11.0 Å². The highest BCUT2D eigenvalue weighted by molar-refractivity contribution is 6.02. The second-order valence-corrected chi connectivity index (χ2v) is 6.86. The summed E-state index contributed by atoms with van der Waals surface area (Å²) in [5.41, 5.74) is -2.25. The Morgan fingerprint density at radius 1 is 1.25 bits per heavy atom. The Morgan fingerprint density at radius 3 is 2.85 bits per heavy atom. The summed E-state index contributed by atoms with van der Waals surface area (Å²) < 4.78 is 0. The monoisotopic (exact) mass is 277 g/mol. The highest BCUT2D eigenvalue weighted by atomic mass is 16.3. The van der Waals surface area contributed by atoms with Gasteiger partial charge in [0.15, 0.2) is 5.78 Å². The third-order valence-corrected chi connectivity index (χ3v) is 5.67. The lowest BCUT2D eigenvalue weighted by Crippen LogP contribution is -2.57. The van der Waals surface area contributed by atoms with Crippen molar-refractivity contribution in [1.82, 2.24) is 0 Å². The van der Waals surface area contributed by atoms with Crippen LogP contribution in [0.5, 0.6) is 0 Å².